The molecule has 2 rings (SSSR count). The van der Waals surface area contributed by atoms with Gasteiger partial charge >= 0.3 is 0 Å². The van der Waals surface area contributed by atoms with Crippen LogP contribution in [0.2, 0.25) is 0 Å². The molecule has 112 valence electrons. The maximum Gasteiger partial charge on any atom is 0.119 e. The van der Waals surface area contributed by atoms with Gasteiger partial charge in [-0.25, -0.2) is 0 Å². The summed E-state index contributed by atoms with van der Waals surface area (Å²) in [6.45, 7) is 6.83. The number of likely N-dealkylation sites (tertiary alicyclic amines) is 1. The smallest absolute Gasteiger partial charge is 0.119 e. The molecule has 0 amide bonds. The van der Waals surface area contributed by atoms with Crippen molar-refractivity contribution in [1.82, 2.24) is 4.90 Å². The lowest BCUT2D eigenvalue weighted by atomic mass is 10.1. The molecule has 0 aliphatic carbocycles. The molecule has 1 aliphatic heterocycles. The van der Waals surface area contributed by atoms with Gasteiger partial charge in [-0.2, -0.15) is 0 Å². The molecule has 0 atom stereocenters. The number of nitrogens with zero attached hydrogens (tertiary/aromatic N) is 1. The normalized spacial score (nSPS) is 16.2. The molecule has 0 bridgehead atoms. The van der Waals surface area contributed by atoms with Crippen LogP contribution in [0.25, 0.3) is 0 Å². The Morgan fingerprint density at radius 1 is 1.00 bits per heavy atom. The molecule has 0 radical (unpaired) electrons. The fourth-order valence-corrected chi connectivity index (χ4v) is 2.79. The highest BCUT2D eigenvalue weighted by Crippen LogP contribution is 2.14. The summed E-state index contributed by atoms with van der Waals surface area (Å²) in [4.78, 5) is 2.57. The van der Waals surface area contributed by atoms with E-state index in [-0.39, 0.29) is 0 Å². The van der Waals surface area contributed by atoms with Gasteiger partial charge in [-0.1, -0.05) is 31.9 Å². The van der Waals surface area contributed by atoms with Gasteiger partial charge in [0.2, 0.25) is 0 Å². The topological polar surface area (TPSA) is 12.5 Å². The Morgan fingerprint density at radius 2 is 1.75 bits per heavy atom. The first-order chi connectivity index (χ1) is 9.88. The van der Waals surface area contributed by atoms with E-state index < -0.39 is 0 Å². The minimum Gasteiger partial charge on any atom is -0.494 e. The van der Waals surface area contributed by atoms with Crippen molar-refractivity contribution in [2.24, 2.45) is 0 Å². The lowest BCUT2D eigenvalue weighted by Crippen LogP contribution is -2.31. The molecule has 1 aromatic rings. The Bertz CT molecular complexity index is 354. The predicted molar refractivity (Wildman–Crippen MR) is 85.5 cm³/mol. The van der Waals surface area contributed by atoms with Crippen molar-refractivity contribution in [3.63, 3.8) is 0 Å². The zero-order valence-corrected chi connectivity index (χ0v) is 12.9. The van der Waals surface area contributed by atoms with Crippen LogP contribution in [0.15, 0.2) is 24.3 Å². The third-order valence-corrected chi connectivity index (χ3v) is 4.08. The van der Waals surface area contributed by atoms with Crippen LogP contribution in [0.1, 0.15) is 51.0 Å². The van der Waals surface area contributed by atoms with Crippen molar-refractivity contribution in [3.05, 3.63) is 29.8 Å². The quantitative estimate of drug-likeness (QED) is 0.656. The van der Waals surface area contributed by atoms with Crippen LogP contribution >= 0.6 is 0 Å². The van der Waals surface area contributed by atoms with Crippen molar-refractivity contribution < 1.29 is 4.74 Å². The summed E-state index contributed by atoms with van der Waals surface area (Å²) < 4.78 is 5.83. The molecule has 1 fully saturated rings. The molecular weight excluding hydrogens is 246 g/mol. The number of benzene rings is 1. The third kappa shape index (κ3) is 5.54. The van der Waals surface area contributed by atoms with Gasteiger partial charge in [0.05, 0.1) is 6.61 Å². The number of ether oxygens (including phenoxy) is 1. The Kier molecular flexibility index (Phi) is 6.93. The van der Waals surface area contributed by atoms with Gasteiger partial charge in [-0.05, 0) is 62.9 Å². The maximum absolute atomic E-state index is 5.83. The van der Waals surface area contributed by atoms with Crippen LogP contribution in [-0.2, 0) is 6.42 Å². The average Bonchev–Trinajstić information content (AvgIpc) is 2.52. The van der Waals surface area contributed by atoms with E-state index in [2.05, 4.69) is 36.1 Å². The highest BCUT2D eigenvalue weighted by atomic mass is 16.5. The third-order valence-electron chi connectivity index (χ3n) is 4.08. The predicted octanol–water partition coefficient (Wildman–Crippen LogP) is 4.28. The van der Waals surface area contributed by atoms with E-state index >= 15 is 0 Å². The highest BCUT2D eigenvalue weighted by Gasteiger charge is 2.08. The lowest BCUT2D eigenvalue weighted by Gasteiger charge is -2.26. The molecule has 0 saturated carbocycles. The first-order valence-corrected chi connectivity index (χ1v) is 8.32. The Labute approximate surface area is 124 Å². The largest absolute Gasteiger partial charge is 0.494 e. The summed E-state index contributed by atoms with van der Waals surface area (Å²) in [6, 6.07) is 8.64. The standard InChI is InChI=1S/C18H29NO/c1-2-3-8-17-9-11-18(12-10-17)20-16-7-15-19-13-5-4-6-14-19/h9-12H,2-8,13-16H2,1H3. The SMILES string of the molecule is CCCCc1ccc(OCCCN2CCCCC2)cc1. The summed E-state index contributed by atoms with van der Waals surface area (Å²) in [5.74, 6) is 1.02. The second kappa shape index (κ2) is 9.02. The second-order valence-electron chi connectivity index (χ2n) is 5.85. The molecule has 0 N–H and O–H groups in total. The molecule has 0 spiro atoms. The molecule has 1 heterocycles. The monoisotopic (exact) mass is 275 g/mol. The highest BCUT2D eigenvalue weighted by molar-refractivity contribution is 5.27. The fourth-order valence-electron chi connectivity index (χ4n) is 2.79. The zero-order valence-electron chi connectivity index (χ0n) is 12.9. The summed E-state index contributed by atoms with van der Waals surface area (Å²) in [6.07, 6.45) is 9.02. The van der Waals surface area contributed by atoms with E-state index in [1.807, 2.05) is 0 Å². The van der Waals surface area contributed by atoms with Crippen LogP contribution in [0.5, 0.6) is 5.75 Å². The van der Waals surface area contributed by atoms with Gasteiger partial charge < -0.3 is 9.64 Å². The van der Waals surface area contributed by atoms with Gasteiger partial charge in [0.15, 0.2) is 0 Å². The molecule has 2 nitrogen and oxygen atoms in total. The van der Waals surface area contributed by atoms with Crippen LogP contribution in [0.3, 0.4) is 0 Å². The Balaban J connectivity index is 1.61. The molecule has 20 heavy (non-hydrogen) atoms. The van der Waals surface area contributed by atoms with E-state index in [1.165, 1.54) is 63.7 Å². The Hall–Kier alpha value is -1.02. The Morgan fingerprint density at radius 3 is 2.45 bits per heavy atom. The number of rotatable bonds is 8. The number of unbranched alkanes of at least 4 members (excludes halogenated alkanes) is 1. The minimum atomic E-state index is 0.838. The first kappa shape index (κ1) is 15.4. The van der Waals surface area contributed by atoms with Crippen molar-refractivity contribution in [1.29, 1.82) is 0 Å². The van der Waals surface area contributed by atoms with Gasteiger partial charge in [-0.3, -0.25) is 0 Å². The number of hydrogen-bond donors (Lipinski definition) is 0. The summed E-state index contributed by atoms with van der Waals surface area (Å²) in [5, 5.41) is 0. The van der Waals surface area contributed by atoms with Crippen LogP contribution in [-0.4, -0.2) is 31.1 Å². The maximum atomic E-state index is 5.83. The van der Waals surface area contributed by atoms with E-state index in [4.69, 9.17) is 4.74 Å². The first-order valence-electron chi connectivity index (χ1n) is 8.32. The molecule has 0 unspecified atom stereocenters. The minimum absolute atomic E-state index is 0.838. The molecule has 1 aromatic carbocycles. The number of aryl methyl sites for hydroxylation is 1. The number of hydrogen-bond acceptors (Lipinski definition) is 2. The molecule has 0 aromatic heterocycles. The molecule has 1 saturated heterocycles. The van der Waals surface area contributed by atoms with Crippen LogP contribution in [0.4, 0.5) is 0 Å². The van der Waals surface area contributed by atoms with Gasteiger partial charge in [0.25, 0.3) is 0 Å². The van der Waals surface area contributed by atoms with E-state index in [0.29, 0.717) is 0 Å². The van der Waals surface area contributed by atoms with Crippen molar-refractivity contribution in [2.45, 2.75) is 51.9 Å². The average molecular weight is 275 g/mol. The fraction of sp³-hybridized carbons (Fsp3) is 0.667. The summed E-state index contributed by atoms with van der Waals surface area (Å²) in [5.41, 5.74) is 1.42. The second-order valence-corrected chi connectivity index (χ2v) is 5.85. The summed E-state index contributed by atoms with van der Waals surface area (Å²) in [7, 11) is 0. The van der Waals surface area contributed by atoms with Crippen LogP contribution in [0, 0.1) is 0 Å². The van der Waals surface area contributed by atoms with Gasteiger partial charge in [0, 0.05) is 6.54 Å². The lowest BCUT2D eigenvalue weighted by molar-refractivity contribution is 0.205. The van der Waals surface area contributed by atoms with Crippen molar-refractivity contribution in [3.8, 4) is 5.75 Å². The summed E-state index contributed by atoms with van der Waals surface area (Å²) >= 11 is 0. The number of piperidine rings is 1. The molecular formula is C18H29NO. The van der Waals surface area contributed by atoms with Gasteiger partial charge in [0.1, 0.15) is 5.75 Å². The van der Waals surface area contributed by atoms with E-state index in [9.17, 15) is 0 Å². The van der Waals surface area contributed by atoms with Crippen molar-refractivity contribution in [2.75, 3.05) is 26.2 Å². The molecule has 2 heteroatoms. The molecule has 1 aliphatic rings. The van der Waals surface area contributed by atoms with E-state index in [0.717, 1.165) is 18.8 Å². The zero-order chi connectivity index (χ0) is 14.0. The van der Waals surface area contributed by atoms with Crippen LogP contribution < -0.4 is 4.74 Å². The van der Waals surface area contributed by atoms with E-state index in [1.54, 1.807) is 0 Å². The van der Waals surface area contributed by atoms with Gasteiger partial charge in [-0.15, -0.1) is 0 Å². The van der Waals surface area contributed by atoms with Crippen molar-refractivity contribution >= 4 is 0 Å².